The molecule has 0 rings (SSSR count). The fourth-order valence-electron chi connectivity index (χ4n) is 10.3. The minimum Gasteiger partial charge on any atom is -0.462 e. The van der Waals surface area contributed by atoms with Crippen molar-refractivity contribution in [3.63, 3.8) is 0 Å². The number of carbonyl (C=O) groups is 2. The van der Waals surface area contributed by atoms with Crippen LogP contribution >= 0.6 is 0 Å². The van der Waals surface area contributed by atoms with Crippen molar-refractivity contribution in [3.05, 3.63) is 12.2 Å². The summed E-state index contributed by atoms with van der Waals surface area (Å²) in [5.41, 5.74) is 0. The van der Waals surface area contributed by atoms with Gasteiger partial charge in [0.05, 0.1) is 6.61 Å². The number of unbranched alkanes of at least 4 members (excludes halogenated alkanes) is 50. The van der Waals surface area contributed by atoms with Gasteiger partial charge in [0.2, 0.25) is 0 Å². The second-order valence-electron chi connectivity index (χ2n) is 22.7. The van der Waals surface area contributed by atoms with Crippen LogP contribution in [-0.2, 0) is 23.8 Å². The topological polar surface area (TPSA) is 61.8 Å². The predicted molar refractivity (Wildman–Crippen MR) is 316 cm³/mol. The number of esters is 2. The van der Waals surface area contributed by atoms with Gasteiger partial charge in [0.1, 0.15) is 6.61 Å². The number of carbonyl (C=O) groups excluding carboxylic acids is 2. The fourth-order valence-corrected chi connectivity index (χ4v) is 10.3. The highest BCUT2D eigenvalue weighted by molar-refractivity contribution is 5.70. The molecule has 0 amide bonds. The SMILES string of the molecule is CCCCCCCC/C=C\CCCCCCCCCCCC(=O)O[C@H](COCCCCCCCCCCCCCCCCCC)COC(=O)CCCCCCCCCCCCCCCCCCCCCCC. The van der Waals surface area contributed by atoms with Crippen LogP contribution in [0.5, 0.6) is 0 Å². The first-order valence-electron chi connectivity index (χ1n) is 33.2. The van der Waals surface area contributed by atoms with E-state index in [1.807, 2.05) is 0 Å². The summed E-state index contributed by atoms with van der Waals surface area (Å²) in [4.78, 5) is 25.7. The Balaban J connectivity index is 4.18. The summed E-state index contributed by atoms with van der Waals surface area (Å²) >= 11 is 0. The molecule has 0 saturated carbocycles. The Hall–Kier alpha value is -1.36. The predicted octanol–water partition coefficient (Wildman–Crippen LogP) is 22.9. The molecule has 0 N–H and O–H groups in total. The van der Waals surface area contributed by atoms with E-state index in [2.05, 4.69) is 32.9 Å². The molecule has 5 heteroatoms. The molecule has 0 fully saturated rings. The Kier molecular flexibility index (Phi) is 62.7. The fraction of sp³-hybridized carbons (Fsp3) is 0.940. The molecule has 0 radical (unpaired) electrons. The summed E-state index contributed by atoms with van der Waals surface area (Å²) in [7, 11) is 0. The Bertz CT molecular complexity index is 1060. The minimum atomic E-state index is -0.530. The minimum absolute atomic E-state index is 0.0955. The molecular formula is C67H130O5. The van der Waals surface area contributed by atoms with Crippen LogP contribution in [0.4, 0.5) is 0 Å². The Morgan fingerprint density at radius 3 is 0.847 bits per heavy atom. The molecule has 428 valence electrons. The molecule has 0 aliphatic heterocycles. The molecule has 0 aromatic heterocycles. The summed E-state index contributed by atoms with van der Waals surface area (Å²) in [5.74, 6) is -0.366. The van der Waals surface area contributed by atoms with Crippen LogP contribution in [-0.4, -0.2) is 37.9 Å². The van der Waals surface area contributed by atoms with E-state index in [0.717, 1.165) is 32.1 Å². The maximum absolute atomic E-state index is 12.9. The van der Waals surface area contributed by atoms with E-state index in [4.69, 9.17) is 14.2 Å². The smallest absolute Gasteiger partial charge is 0.306 e. The summed E-state index contributed by atoms with van der Waals surface area (Å²) in [6.07, 6.45) is 76.9. The molecule has 0 aliphatic rings. The van der Waals surface area contributed by atoms with Crippen molar-refractivity contribution in [1.82, 2.24) is 0 Å². The highest BCUT2D eigenvalue weighted by Crippen LogP contribution is 2.18. The van der Waals surface area contributed by atoms with Gasteiger partial charge in [0.15, 0.2) is 6.10 Å². The summed E-state index contributed by atoms with van der Waals surface area (Å²) in [5, 5.41) is 0. The van der Waals surface area contributed by atoms with Crippen LogP contribution in [0, 0.1) is 0 Å². The number of ether oxygens (including phenoxy) is 3. The lowest BCUT2D eigenvalue weighted by molar-refractivity contribution is -0.163. The number of allylic oxidation sites excluding steroid dienone is 2. The van der Waals surface area contributed by atoms with Gasteiger partial charge in [-0.3, -0.25) is 9.59 Å². The molecule has 72 heavy (non-hydrogen) atoms. The molecule has 0 spiro atoms. The van der Waals surface area contributed by atoms with E-state index < -0.39 is 6.10 Å². The van der Waals surface area contributed by atoms with Crippen LogP contribution in [0.25, 0.3) is 0 Å². The quantitative estimate of drug-likeness (QED) is 0.0345. The van der Waals surface area contributed by atoms with Crippen molar-refractivity contribution in [2.45, 2.75) is 386 Å². The highest BCUT2D eigenvalue weighted by Gasteiger charge is 2.18. The van der Waals surface area contributed by atoms with E-state index in [0.29, 0.717) is 26.1 Å². The zero-order chi connectivity index (χ0) is 52.0. The van der Waals surface area contributed by atoms with E-state index in [1.54, 1.807) is 0 Å². The van der Waals surface area contributed by atoms with E-state index in [9.17, 15) is 9.59 Å². The van der Waals surface area contributed by atoms with Crippen molar-refractivity contribution in [3.8, 4) is 0 Å². The first-order valence-corrected chi connectivity index (χ1v) is 33.2. The molecule has 0 aromatic rings. The third-order valence-corrected chi connectivity index (χ3v) is 15.3. The molecule has 0 bridgehead atoms. The molecule has 0 heterocycles. The second kappa shape index (κ2) is 63.9. The number of rotatable bonds is 63. The Labute approximate surface area is 452 Å². The van der Waals surface area contributed by atoms with Crippen LogP contribution in [0.1, 0.15) is 380 Å². The lowest BCUT2D eigenvalue weighted by atomic mass is 10.0. The Morgan fingerprint density at radius 1 is 0.292 bits per heavy atom. The van der Waals surface area contributed by atoms with Gasteiger partial charge in [0, 0.05) is 19.4 Å². The van der Waals surface area contributed by atoms with Crippen molar-refractivity contribution in [1.29, 1.82) is 0 Å². The van der Waals surface area contributed by atoms with Gasteiger partial charge in [-0.1, -0.05) is 335 Å². The van der Waals surface area contributed by atoms with Gasteiger partial charge in [0.25, 0.3) is 0 Å². The third-order valence-electron chi connectivity index (χ3n) is 15.3. The first-order chi connectivity index (χ1) is 35.6. The van der Waals surface area contributed by atoms with Crippen molar-refractivity contribution in [2.24, 2.45) is 0 Å². The standard InChI is InChI=1S/C67H130O5/c1-4-7-10-13-16-19-22-25-28-31-33-34-36-37-39-42-45-48-51-54-57-60-66(68)71-64-65(63-70-62-59-56-53-50-47-44-41-30-27-24-21-18-15-12-9-6-3)72-67(69)61-58-55-52-49-46-43-40-38-35-32-29-26-23-20-17-14-11-8-5-2/h26,29,65H,4-25,27-28,30-64H2,1-3H3/b29-26-/t65-/m1/s1. The largest absolute Gasteiger partial charge is 0.462 e. The molecule has 0 aromatic carbocycles. The van der Waals surface area contributed by atoms with Crippen molar-refractivity contribution >= 4 is 11.9 Å². The molecule has 0 saturated heterocycles. The van der Waals surface area contributed by atoms with Crippen LogP contribution in [0.2, 0.25) is 0 Å². The lowest BCUT2D eigenvalue weighted by Gasteiger charge is -2.18. The molecule has 0 unspecified atom stereocenters. The van der Waals surface area contributed by atoms with E-state index in [1.165, 1.54) is 315 Å². The second-order valence-corrected chi connectivity index (χ2v) is 22.7. The average Bonchev–Trinajstić information content (AvgIpc) is 3.38. The van der Waals surface area contributed by atoms with Crippen LogP contribution < -0.4 is 0 Å². The van der Waals surface area contributed by atoms with Crippen LogP contribution in [0.15, 0.2) is 12.2 Å². The van der Waals surface area contributed by atoms with Crippen molar-refractivity contribution < 1.29 is 23.8 Å². The zero-order valence-electron chi connectivity index (χ0n) is 49.5. The molecule has 0 aliphatic carbocycles. The highest BCUT2D eigenvalue weighted by atomic mass is 16.6. The van der Waals surface area contributed by atoms with Gasteiger partial charge in [-0.25, -0.2) is 0 Å². The van der Waals surface area contributed by atoms with Gasteiger partial charge < -0.3 is 14.2 Å². The third kappa shape index (κ3) is 61.2. The molecule has 5 nitrogen and oxygen atoms in total. The molecular weight excluding hydrogens is 885 g/mol. The normalized spacial score (nSPS) is 12.1. The van der Waals surface area contributed by atoms with Gasteiger partial charge in [-0.2, -0.15) is 0 Å². The first kappa shape index (κ1) is 70.6. The van der Waals surface area contributed by atoms with Gasteiger partial charge >= 0.3 is 11.9 Å². The number of hydrogen-bond donors (Lipinski definition) is 0. The summed E-state index contributed by atoms with van der Waals surface area (Å²) in [6.45, 7) is 7.93. The molecule has 1 atom stereocenters. The Morgan fingerprint density at radius 2 is 0.542 bits per heavy atom. The maximum atomic E-state index is 12.9. The summed E-state index contributed by atoms with van der Waals surface area (Å²) < 4.78 is 17.6. The summed E-state index contributed by atoms with van der Waals surface area (Å²) in [6, 6.07) is 0. The lowest BCUT2D eigenvalue weighted by Crippen LogP contribution is -2.30. The number of hydrogen-bond acceptors (Lipinski definition) is 5. The van der Waals surface area contributed by atoms with Crippen molar-refractivity contribution in [2.75, 3.05) is 19.8 Å². The van der Waals surface area contributed by atoms with Crippen LogP contribution in [0.3, 0.4) is 0 Å². The maximum Gasteiger partial charge on any atom is 0.306 e. The monoisotopic (exact) mass is 1010 g/mol. The van der Waals surface area contributed by atoms with E-state index >= 15 is 0 Å². The van der Waals surface area contributed by atoms with Gasteiger partial charge in [-0.05, 0) is 44.9 Å². The zero-order valence-corrected chi connectivity index (χ0v) is 49.5. The van der Waals surface area contributed by atoms with Gasteiger partial charge in [-0.15, -0.1) is 0 Å². The van der Waals surface area contributed by atoms with E-state index in [-0.39, 0.29) is 18.5 Å². The average molecular weight is 1020 g/mol.